The molecule has 1 saturated heterocycles. The summed E-state index contributed by atoms with van der Waals surface area (Å²) >= 11 is 1.56. The van der Waals surface area contributed by atoms with Gasteiger partial charge in [0.15, 0.2) is 0 Å². The highest BCUT2D eigenvalue weighted by Crippen LogP contribution is 2.26. The van der Waals surface area contributed by atoms with E-state index in [1.807, 2.05) is 24.0 Å². The van der Waals surface area contributed by atoms with Gasteiger partial charge in [0, 0.05) is 32.9 Å². The predicted octanol–water partition coefficient (Wildman–Crippen LogP) is 4.04. The molecule has 1 atom stereocenters. The number of carbonyl (C=O) groups excluding carboxylic acids is 1. The molecule has 1 aliphatic rings. The van der Waals surface area contributed by atoms with Gasteiger partial charge in [-0.25, -0.2) is 12.7 Å². The van der Waals surface area contributed by atoms with Crippen molar-refractivity contribution in [2.24, 2.45) is 5.92 Å². The van der Waals surface area contributed by atoms with Gasteiger partial charge in [0.1, 0.15) is 0 Å². The highest BCUT2D eigenvalue weighted by molar-refractivity contribution is 7.99. The van der Waals surface area contributed by atoms with Gasteiger partial charge in [-0.15, -0.1) is 11.8 Å². The Morgan fingerprint density at radius 1 is 1.06 bits per heavy atom. The maximum absolute atomic E-state index is 12.9. The van der Waals surface area contributed by atoms with Crippen molar-refractivity contribution in [3.63, 3.8) is 0 Å². The summed E-state index contributed by atoms with van der Waals surface area (Å²) < 4.78 is 25.9. The molecule has 1 unspecified atom stereocenters. The molecule has 1 amide bonds. The molecule has 7 heteroatoms. The van der Waals surface area contributed by atoms with Crippen LogP contribution in [0.15, 0.2) is 59.5 Å². The van der Waals surface area contributed by atoms with Crippen molar-refractivity contribution < 1.29 is 13.2 Å². The fourth-order valence-corrected chi connectivity index (χ4v) is 5.75. The zero-order chi connectivity index (χ0) is 22.4. The summed E-state index contributed by atoms with van der Waals surface area (Å²) in [6.07, 6.45) is 3.17. The Bertz CT molecular complexity index is 969. The van der Waals surface area contributed by atoms with E-state index in [2.05, 4.69) is 24.3 Å². The molecule has 0 radical (unpaired) electrons. The number of hydrogen-bond donors (Lipinski definition) is 0. The molecule has 0 aliphatic carbocycles. The molecule has 3 rings (SSSR count). The van der Waals surface area contributed by atoms with Crippen molar-refractivity contribution >= 4 is 27.7 Å². The Labute approximate surface area is 190 Å². The van der Waals surface area contributed by atoms with Crippen LogP contribution in [-0.4, -0.2) is 56.0 Å². The smallest absolute Gasteiger partial charge is 0.242 e. The molecule has 0 spiro atoms. The van der Waals surface area contributed by atoms with Crippen LogP contribution in [-0.2, 0) is 27.0 Å². The Balaban J connectivity index is 1.49. The Morgan fingerprint density at radius 3 is 2.35 bits per heavy atom. The number of thioether (sulfide) groups is 1. The molecule has 1 fully saturated rings. The van der Waals surface area contributed by atoms with Crippen LogP contribution in [0.25, 0.3) is 0 Å². The Kier molecular flexibility index (Phi) is 8.19. The van der Waals surface area contributed by atoms with Crippen molar-refractivity contribution in [3.8, 4) is 0 Å². The van der Waals surface area contributed by atoms with Gasteiger partial charge < -0.3 is 4.90 Å². The standard InChI is InChI=1S/C24H32N2O3S2/c1-19(30-18-22-10-7-11-23(17-22)31(28,29)25(2)3)24(27)26-14-12-21(13-15-26)16-20-8-5-4-6-9-20/h4-11,17,19,21H,12-16,18H2,1-3H3. The third kappa shape index (κ3) is 6.34. The molecule has 168 valence electrons. The average molecular weight is 461 g/mol. The van der Waals surface area contributed by atoms with E-state index in [0.717, 1.165) is 37.9 Å². The molecule has 5 nitrogen and oxygen atoms in total. The van der Waals surface area contributed by atoms with E-state index < -0.39 is 10.0 Å². The number of piperidine rings is 1. The minimum Gasteiger partial charge on any atom is -0.342 e. The first-order valence-corrected chi connectivity index (χ1v) is 13.2. The maximum atomic E-state index is 12.9. The second-order valence-electron chi connectivity index (χ2n) is 8.35. The molecule has 1 aliphatic heterocycles. The van der Waals surface area contributed by atoms with E-state index in [1.165, 1.54) is 24.0 Å². The predicted molar refractivity (Wildman–Crippen MR) is 128 cm³/mol. The molecular formula is C24H32N2O3S2. The van der Waals surface area contributed by atoms with Gasteiger partial charge in [-0.1, -0.05) is 42.5 Å². The molecule has 2 aromatic rings. The number of benzene rings is 2. The van der Waals surface area contributed by atoms with Crippen LogP contribution in [0.1, 0.15) is 30.9 Å². The number of carbonyl (C=O) groups is 1. The van der Waals surface area contributed by atoms with Gasteiger partial charge in [-0.3, -0.25) is 4.79 Å². The van der Waals surface area contributed by atoms with Crippen LogP contribution < -0.4 is 0 Å². The third-order valence-corrected chi connectivity index (χ3v) is 8.83. The lowest BCUT2D eigenvalue weighted by molar-refractivity contribution is -0.131. The van der Waals surface area contributed by atoms with Crippen LogP contribution >= 0.6 is 11.8 Å². The van der Waals surface area contributed by atoms with Gasteiger partial charge in [0.25, 0.3) is 0 Å². The summed E-state index contributed by atoms with van der Waals surface area (Å²) in [4.78, 5) is 15.2. The first kappa shape index (κ1) is 23.8. The van der Waals surface area contributed by atoms with Crippen molar-refractivity contribution in [1.82, 2.24) is 9.21 Å². The number of nitrogens with zero attached hydrogens (tertiary/aromatic N) is 2. The molecular weight excluding hydrogens is 428 g/mol. The van der Waals surface area contributed by atoms with Crippen molar-refractivity contribution in [2.45, 2.75) is 42.1 Å². The van der Waals surface area contributed by atoms with Crippen molar-refractivity contribution in [2.75, 3.05) is 27.2 Å². The van der Waals surface area contributed by atoms with Crippen molar-refractivity contribution in [3.05, 3.63) is 65.7 Å². The zero-order valence-corrected chi connectivity index (χ0v) is 20.2. The molecule has 0 N–H and O–H groups in total. The van der Waals surface area contributed by atoms with E-state index in [-0.39, 0.29) is 16.1 Å². The summed E-state index contributed by atoms with van der Waals surface area (Å²) in [6.45, 7) is 3.58. The largest absolute Gasteiger partial charge is 0.342 e. The average Bonchev–Trinajstić information content (AvgIpc) is 2.78. The van der Waals surface area contributed by atoms with Crippen LogP contribution in [0, 0.1) is 5.92 Å². The summed E-state index contributed by atoms with van der Waals surface area (Å²) in [5.74, 6) is 1.42. The minimum atomic E-state index is -3.45. The first-order chi connectivity index (χ1) is 14.8. The van der Waals surface area contributed by atoms with Gasteiger partial charge in [0.2, 0.25) is 15.9 Å². The monoisotopic (exact) mass is 460 g/mol. The molecule has 2 aromatic carbocycles. The fourth-order valence-electron chi connectivity index (χ4n) is 3.86. The maximum Gasteiger partial charge on any atom is 0.242 e. The molecule has 0 bridgehead atoms. The van der Waals surface area contributed by atoms with Crippen LogP contribution in [0.2, 0.25) is 0 Å². The Hall–Kier alpha value is -1.83. The van der Waals surface area contributed by atoms with E-state index in [4.69, 9.17) is 0 Å². The third-order valence-electron chi connectivity index (χ3n) is 5.82. The molecule has 1 heterocycles. The lowest BCUT2D eigenvalue weighted by atomic mass is 9.90. The summed E-state index contributed by atoms with van der Waals surface area (Å²) in [7, 11) is -0.394. The van der Waals surface area contributed by atoms with Crippen LogP contribution in [0.3, 0.4) is 0 Å². The van der Waals surface area contributed by atoms with Gasteiger partial charge in [-0.05, 0) is 55.4 Å². The number of amides is 1. The zero-order valence-electron chi connectivity index (χ0n) is 18.5. The number of sulfonamides is 1. The summed E-state index contributed by atoms with van der Waals surface area (Å²) in [5.41, 5.74) is 2.28. The molecule has 0 aromatic heterocycles. The number of hydrogen-bond acceptors (Lipinski definition) is 4. The second kappa shape index (κ2) is 10.7. The highest BCUT2D eigenvalue weighted by atomic mass is 32.2. The summed E-state index contributed by atoms with van der Waals surface area (Å²) in [5, 5.41) is -0.153. The normalized spacial score (nSPS) is 16.5. The fraction of sp³-hybridized carbons (Fsp3) is 0.458. The molecule has 31 heavy (non-hydrogen) atoms. The highest BCUT2D eigenvalue weighted by Gasteiger charge is 2.26. The SMILES string of the molecule is CC(SCc1cccc(S(=O)(=O)N(C)C)c1)C(=O)N1CCC(Cc2ccccc2)CC1. The quantitative estimate of drug-likeness (QED) is 0.597. The van der Waals surface area contributed by atoms with Gasteiger partial charge in [-0.2, -0.15) is 0 Å². The van der Waals surface area contributed by atoms with Gasteiger partial charge >= 0.3 is 0 Å². The topological polar surface area (TPSA) is 57.7 Å². The second-order valence-corrected chi connectivity index (χ2v) is 11.8. The van der Waals surface area contributed by atoms with Gasteiger partial charge in [0.05, 0.1) is 10.1 Å². The number of rotatable bonds is 8. The van der Waals surface area contributed by atoms with Crippen molar-refractivity contribution in [1.29, 1.82) is 0 Å². The first-order valence-electron chi connectivity index (χ1n) is 10.7. The number of likely N-dealkylation sites (tertiary alicyclic amines) is 1. The minimum absolute atomic E-state index is 0.153. The lowest BCUT2D eigenvalue weighted by Gasteiger charge is -2.33. The molecule has 0 saturated carbocycles. The van der Waals surface area contributed by atoms with E-state index in [9.17, 15) is 13.2 Å². The summed E-state index contributed by atoms with van der Waals surface area (Å²) in [6, 6.07) is 17.5. The van der Waals surface area contributed by atoms with E-state index in [0.29, 0.717) is 11.7 Å². The lowest BCUT2D eigenvalue weighted by Crippen LogP contribution is -2.42. The Morgan fingerprint density at radius 2 is 1.71 bits per heavy atom. The van der Waals surface area contributed by atoms with Crippen LogP contribution in [0.4, 0.5) is 0 Å². The van der Waals surface area contributed by atoms with E-state index >= 15 is 0 Å². The van der Waals surface area contributed by atoms with Crippen LogP contribution in [0.5, 0.6) is 0 Å². The van der Waals surface area contributed by atoms with E-state index in [1.54, 1.807) is 30.0 Å².